The van der Waals surface area contributed by atoms with Gasteiger partial charge in [-0.1, -0.05) is 0 Å². The van der Waals surface area contributed by atoms with Gasteiger partial charge < -0.3 is 16.2 Å². The van der Waals surface area contributed by atoms with Crippen LogP contribution in [0.5, 0.6) is 0 Å². The summed E-state index contributed by atoms with van der Waals surface area (Å²) >= 11 is 0. The van der Waals surface area contributed by atoms with Gasteiger partial charge in [0.25, 0.3) is 0 Å². The van der Waals surface area contributed by atoms with Crippen LogP contribution in [0.25, 0.3) is 0 Å². The van der Waals surface area contributed by atoms with Crippen molar-refractivity contribution in [2.24, 2.45) is 5.73 Å². The molecule has 0 aliphatic rings. The van der Waals surface area contributed by atoms with Crippen LogP contribution in [-0.4, -0.2) is 28.9 Å². The molecule has 6 heteroatoms. The Labute approximate surface area is 70.3 Å². The van der Waals surface area contributed by atoms with E-state index in [1.54, 1.807) is 7.11 Å². The van der Waals surface area contributed by atoms with Crippen molar-refractivity contribution in [1.82, 2.24) is 15.2 Å². The van der Waals surface area contributed by atoms with Crippen molar-refractivity contribution in [3.8, 4) is 0 Å². The Balaban J connectivity index is 2.47. The molecule has 1 heterocycles. The summed E-state index contributed by atoms with van der Waals surface area (Å²) in [6.07, 6.45) is 0.700. The lowest BCUT2D eigenvalue weighted by atomic mass is 10.2. The highest BCUT2D eigenvalue weighted by Gasteiger charge is 2.09. The fourth-order valence-electron chi connectivity index (χ4n) is 0.835. The number of nitrogen functional groups attached to an aromatic ring is 1. The van der Waals surface area contributed by atoms with Gasteiger partial charge in [-0.15, -0.1) is 5.10 Å². The Morgan fingerprint density at radius 3 is 2.92 bits per heavy atom. The summed E-state index contributed by atoms with van der Waals surface area (Å²) in [4.78, 5) is 3.89. The van der Waals surface area contributed by atoms with Gasteiger partial charge in [0.2, 0.25) is 5.95 Å². The lowest BCUT2D eigenvalue weighted by molar-refractivity contribution is 0.187. The summed E-state index contributed by atoms with van der Waals surface area (Å²) in [5, 5.41) is 6.31. The Morgan fingerprint density at radius 1 is 1.67 bits per heavy atom. The summed E-state index contributed by atoms with van der Waals surface area (Å²) in [6.45, 7) is 0.599. The van der Waals surface area contributed by atoms with Crippen molar-refractivity contribution in [3.63, 3.8) is 0 Å². The molecule has 5 N–H and O–H groups in total. The van der Waals surface area contributed by atoms with E-state index in [0.717, 1.165) is 0 Å². The van der Waals surface area contributed by atoms with Crippen molar-refractivity contribution in [3.05, 3.63) is 5.82 Å². The maximum atomic E-state index is 5.73. The number of hydrogen-bond acceptors (Lipinski definition) is 5. The van der Waals surface area contributed by atoms with E-state index in [0.29, 0.717) is 18.9 Å². The van der Waals surface area contributed by atoms with Gasteiger partial charge in [-0.05, 0) is 6.42 Å². The van der Waals surface area contributed by atoms with Crippen molar-refractivity contribution in [2.45, 2.75) is 12.5 Å². The third-order valence-electron chi connectivity index (χ3n) is 1.50. The average molecular weight is 171 g/mol. The van der Waals surface area contributed by atoms with E-state index in [1.165, 1.54) is 0 Å². The van der Waals surface area contributed by atoms with Crippen molar-refractivity contribution in [1.29, 1.82) is 0 Å². The number of nitrogens with one attached hydrogen (secondary N) is 1. The molecule has 0 amide bonds. The summed E-state index contributed by atoms with van der Waals surface area (Å²) in [6, 6.07) is -0.185. The molecular formula is C6H13N5O. The minimum Gasteiger partial charge on any atom is -0.385 e. The summed E-state index contributed by atoms with van der Waals surface area (Å²) in [7, 11) is 1.63. The zero-order valence-electron chi connectivity index (χ0n) is 6.95. The SMILES string of the molecule is COCCC(N)c1nc(N)n[nH]1. The molecule has 1 aromatic heterocycles. The zero-order chi connectivity index (χ0) is 8.97. The van der Waals surface area contributed by atoms with Gasteiger partial charge in [-0.25, -0.2) is 0 Å². The molecule has 6 nitrogen and oxygen atoms in total. The number of nitrogens with two attached hydrogens (primary N) is 2. The molecule has 1 atom stereocenters. The Kier molecular flexibility index (Phi) is 3.01. The Hall–Kier alpha value is -1.14. The number of rotatable bonds is 4. The molecule has 12 heavy (non-hydrogen) atoms. The quantitative estimate of drug-likeness (QED) is 0.562. The topological polar surface area (TPSA) is 103 Å². The highest BCUT2D eigenvalue weighted by Crippen LogP contribution is 2.08. The molecule has 1 rings (SSSR count). The van der Waals surface area contributed by atoms with Gasteiger partial charge >= 0.3 is 0 Å². The third kappa shape index (κ3) is 2.18. The molecule has 0 saturated heterocycles. The number of hydrogen-bond donors (Lipinski definition) is 3. The predicted molar refractivity (Wildman–Crippen MR) is 44.2 cm³/mol. The molecule has 1 unspecified atom stereocenters. The van der Waals surface area contributed by atoms with Crippen LogP contribution >= 0.6 is 0 Å². The second-order valence-corrected chi connectivity index (χ2v) is 2.47. The Bertz CT molecular complexity index is 236. The van der Waals surface area contributed by atoms with E-state index < -0.39 is 0 Å². The van der Waals surface area contributed by atoms with E-state index in [9.17, 15) is 0 Å². The van der Waals surface area contributed by atoms with Crippen LogP contribution in [0.15, 0.2) is 0 Å². The molecule has 68 valence electrons. The smallest absolute Gasteiger partial charge is 0.239 e. The van der Waals surface area contributed by atoms with Crippen molar-refractivity contribution in [2.75, 3.05) is 19.5 Å². The van der Waals surface area contributed by atoms with Gasteiger partial charge in [0.05, 0.1) is 6.04 Å². The molecule has 0 bridgehead atoms. The number of ether oxygens (including phenoxy) is 1. The van der Waals surface area contributed by atoms with E-state index in [1.807, 2.05) is 0 Å². The van der Waals surface area contributed by atoms with E-state index in [4.69, 9.17) is 16.2 Å². The molecule has 0 aromatic carbocycles. The number of aromatic nitrogens is 3. The van der Waals surface area contributed by atoms with Gasteiger partial charge in [-0.2, -0.15) is 4.98 Å². The molecule has 0 aliphatic heterocycles. The van der Waals surface area contributed by atoms with Gasteiger partial charge in [-0.3, -0.25) is 5.10 Å². The first-order chi connectivity index (χ1) is 5.74. The summed E-state index contributed by atoms with van der Waals surface area (Å²) in [5.41, 5.74) is 11.0. The van der Waals surface area contributed by atoms with Crippen molar-refractivity contribution < 1.29 is 4.74 Å². The first kappa shape index (κ1) is 8.95. The summed E-state index contributed by atoms with van der Waals surface area (Å²) in [5.74, 6) is 0.822. The van der Waals surface area contributed by atoms with Gasteiger partial charge in [0.15, 0.2) is 0 Å². The molecule has 0 aliphatic carbocycles. The molecule has 1 aromatic rings. The maximum absolute atomic E-state index is 5.73. The van der Waals surface area contributed by atoms with Crippen LogP contribution in [0, 0.1) is 0 Å². The number of methoxy groups -OCH3 is 1. The predicted octanol–water partition coefficient (Wildman–Crippen LogP) is -0.577. The fourth-order valence-corrected chi connectivity index (χ4v) is 0.835. The monoisotopic (exact) mass is 171 g/mol. The molecular weight excluding hydrogens is 158 g/mol. The highest BCUT2D eigenvalue weighted by atomic mass is 16.5. The lowest BCUT2D eigenvalue weighted by Crippen LogP contribution is -2.14. The van der Waals surface area contributed by atoms with Gasteiger partial charge in [0, 0.05) is 13.7 Å². The number of anilines is 1. The van der Waals surface area contributed by atoms with Crippen LogP contribution < -0.4 is 11.5 Å². The second kappa shape index (κ2) is 4.03. The molecule has 0 spiro atoms. The molecule has 0 radical (unpaired) electrons. The number of aromatic amines is 1. The van der Waals surface area contributed by atoms with Gasteiger partial charge in [0.1, 0.15) is 5.82 Å². The second-order valence-electron chi connectivity index (χ2n) is 2.47. The summed E-state index contributed by atoms with van der Waals surface area (Å²) < 4.78 is 4.87. The normalized spacial score (nSPS) is 13.2. The third-order valence-corrected chi connectivity index (χ3v) is 1.50. The van der Waals surface area contributed by atoms with Crippen LogP contribution in [0.3, 0.4) is 0 Å². The first-order valence-electron chi connectivity index (χ1n) is 3.66. The minimum atomic E-state index is -0.185. The minimum absolute atomic E-state index is 0.185. The van der Waals surface area contributed by atoms with E-state index >= 15 is 0 Å². The van der Waals surface area contributed by atoms with Crippen LogP contribution in [0.4, 0.5) is 5.95 Å². The molecule has 0 saturated carbocycles. The number of nitrogens with zero attached hydrogens (tertiary/aromatic N) is 2. The Morgan fingerprint density at radius 2 is 2.42 bits per heavy atom. The van der Waals surface area contributed by atoms with E-state index in [2.05, 4.69) is 15.2 Å². The number of H-pyrrole nitrogens is 1. The average Bonchev–Trinajstić information content (AvgIpc) is 2.47. The van der Waals surface area contributed by atoms with Crippen molar-refractivity contribution >= 4 is 5.95 Å². The zero-order valence-corrected chi connectivity index (χ0v) is 6.95. The largest absolute Gasteiger partial charge is 0.385 e. The first-order valence-corrected chi connectivity index (χ1v) is 3.66. The van der Waals surface area contributed by atoms with Crippen LogP contribution in [0.1, 0.15) is 18.3 Å². The molecule has 0 fully saturated rings. The van der Waals surface area contributed by atoms with Crippen LogP contribution in [0.2, 0.25) is 0 Å². The maximum Gasteiger partial charge on any atom is 0.239 e. The van der Waals surface area contributed by atoms with E-state index in [-0.39, 0.29) is 12.0 Å². The highest BCUT2D eigenvalue weighted by molar-refractivity contribution is 5.13. The van der Waals surface area contributed by atoms with Crippen LogP contribution in [-0.2, 0) is 4.74 Å². The standard InChI is InChI=1S/C6H13N5O/c1-12-3-2-4(7)5-9-6(8)11-10-5/h4H,2-3,7H2,1H3,(H3,8,9,10,11). The fraction of sp³-hybridized carbons (Fsp3) is 0.667. The lowest BCUT2D eigenvalue weighted by Gasteiger charge is -2.05.